The summed E-state index contributed by atoms with van der Waals surface area (Å²) in [6.07, 6.45) is 4.91. The van der Waals surface area contributed by atoms with Crippen LogP contribution in [0.2, 0.25) is 13.1 Å². The molecule has 46 heavy (non-hydrogen) atoms. The number of allylic oxidation sites excluding steroid dienone is 2. The van der Waals surface area contributed by atoms with E-state index >= 15 is 0 Å². The maximum absolute atomic E-state index is 8.65. The molecule has 4 aromatic rings. The Hall–Kier alpha value is -1.96. The van der Waals surface area contributed by atoms with Gasteiger partial charge in [-0.3, -0.25) is 0 Å². The monoisotopic (exact) mass is 741 g/mol. The SMILES string of the molecule is CC1=Cc2c(-c3ccc(C(C)(C)C)cc3)ccc(C)c2[CH]1[Zr]([Cl])([Cl])([CH]1C(C(C)C)=Cc2c(-c3ccc(C)cc3)cccc21)[SiH](C)C. The second-order valence-electron chi connectivity index (χ2n) is 15.7. The first-order valence-electron chi connectivity index (χ1n) is 16.9. The van der Waals surface area contributed by atoms with Crippen LogP contribution in [0.3, 0.4) is 0 Å². The fraction of sp³-hybridized carbons (Fsp3) is 0.333. The normalized spacial score (nSPS) is 18.7. The van der Waals surface area contributed by atoms with E-state index in [0.29, 0.717) is 5.92 Å². The minimum atomic E-state index is -4.83. The van der Waals surface area contributed by atoms with Crippen molar-refractivity contribution in [1.29, 1.82) is 0 Å². The first kappa shape index (κ1) is 33.9. The number of halogens is 2. The fourth-order valence-corrected chi connectivity index (χ4v) is 40.5. The van der Waals surface area contributed by atoms with Crippen molar-refractivity contribution >= 4 is 35.1 Å². The van der Waals surface area contributed by atoms with E-state index in [0.717, 1.165) is 0 Å². The third-order valence-corrected chi connectivity index (χ3v) is 62.9. The second-order valence-corrected chi connectivity index (χ2v) is 58.2. The van der Waals surface area contributed by atoms with Gasteiger partial charge in [0, 0.05) is 0 Å². The van der Waals surface area contributed by atoms with Crippen LogP contribution in [0.5, 0.6) is 0 Å². The third kappa shape index (κ3) is 5.35. The molecule has 0 aromatic heterocycles. The molecule has 0 fully saturated rings. The molecule has 0 spiro atoms. The first-order valence-corrected chi connectivity index (χ1v) is 33.3. The molecule has 0 radical (unpaired) electrons. The predicted octanol–water partition coefficient (Wildman–Crippen LogP) is 13.2. The molecule has 239 valence electrons. The van der Waals surface area contributed by atoms with Crippen molar-refractivity contribution in [2.75, 3.05) is 0 Å². The zero-order valence-electron chi connectivity index (χ0n) is 29.2. The van der Waals surface area contributed by atoms with Crippen LogP contribution < -0.4 is 0 Å². The van der Waals surface area contributed by atoms with Crippen LogP contribution in [0, 0.1) is 19.8 Å². The number of hydrogen-bond acceptors (Lipinski definition) is 0. The van der Waals surface area contributed by atoms with Gasteiger partial charge in [0.2, 0.25) is 0 Å². The van der Waals surface area contributed by atoms with Gasteiger partial charge in [0.15, 0.2) is 0 Å². The van der Waals surface area contributed by atoms with Gasteiger partial charge in [-0.2, -0.15) is 0 Å². The van der Waals surface area contributed by atoms with Gasteiger partial charge in [0.25, 0.3) is 0 Å². The van der Waals surface area contributed by atoms with Gasteiger partial charge in [-0.05, 0) is 0 Å². The summed E-state index contributed by atoms with van der Waals surface area (Å²) in [5.74, 6) is -1.28. The summed E-state index contributed by atoms with van der Waals surface area (Å²) in [7, 11) is 17.3. The molecule has 0 saturated carbocycles. The Morgan fingerprint density at radius 2 is 1.28 bits per heavy atom. The molecule has 0 N–H and O–H groups in total. The van der Waals surface area contributed by atoms with E-state index in [1.807, 2.05) is 0 Å². The number of benzene rings is 4. The van der Waals surface area contributed by atoms with Crippen LogP contribution in [0.4, 0.5) is 0 Å². The van der Waals surface area contributed by atoms with Gasteiger partial charge >= 0.3 is 289 Å². The molecule has 0 saturated heterocycles. The molecular formula is C42H49Cl2SiZr. The zero-order valence-corrected chi connectivity index (χ0v) is 34.4. The molecule has 6 rings (SSSR count). The zero-order chi connectivity index (χ0) is 33.4. The van der Waals surface area contributed by atoms with Crippen molar-refractivity contribution in [2.45, 2.75) is 81.2 Å². The molecule has 0 bridgehead atoms. The molecule has 2 aliphatic carbocycles. The minimum absolute atomic E-state index is 0.0846. The third-order valence-electron chi connectivity index (χ3n) is 11.0. The summed E-state index contributed by atoms with van der Waals surface area (Å²) in [4.78, 5) is 0. The van der Waals surface area contributed by atoms with Gasteiger partial charge in [-0.15, -0.1) is 0 Å². The summed E-state index contributed by atoms with van der Waals surface area (Å²) in [5.41, 5.74) is 17.3. The second kappa shape index (κ2) is 11.9. The topological polar surface area (TPSA) is 0 Å². The van der Waals surface area contributed by atoms with Crippen LogP contribution in [-0.2, 0) is 21.0 Å². The number of rotatable bonds is 6. The van der Waals surface area contributed by atoms with Gasteiger partial charge in [-0.1, -0.05) is 0 Å². The van der Waals surface area contributed by atoms with Gasteiger partial charge in [-0.25, -0.2) is 0 Å². The Bertz CT molecular complexity index is 1890. The van der Waals surface area contributed by atoms with Crippen molar-refractivity contribution in [3.05, 3.63) is 129 Å². The Morgan fingerprint density at radius 1 is 0.696 bits per heavy atom. The van der Waals surface area contributed by atoms with E-state index in [4.69, 9.17) is 17.0 Å². The van der Waals surface area contributed by atoms with Crippen molar-refractivity contribution in [2.24, 2.45) is 5.92 Å². The summed E-state index contributed by atoms with van der Waals surface area (Å²) >= 11 is -4.83. The molecule has 2 aliphatic rings. The fourth-order valence-electron chi connectivity index (χ4n) is 8.29. The van der Waals surface area contributed by atoms with Crippen LogP contribution in [0.15, 0.2) is 90.0 Å². The average molecular weight is 744 g/mol. The number of aryl methyl sites for hydroxylation is 2. The first-order chi connectivity index (χ1) is 21.5. The van der Waals surface area contributed by atoms with Gasteiger partial charge < -0.3 is 0 Å². The number of fused-ring (bicyclic) bond motifs is 2. The van der Waals surface area contributed by atoms with Crippen molar-refractivity contribution in [1.82, 2.24) is 0 Å². The Kier molecular flexibility index (Phi) is 8.76. The van der Waals surface area contributed by atoms with Crippen molar-refractivity contribution < 1.29 is 15.6 Å². The molecular weight excluding hydrogens is 695 g/mol. The molecule has 0 amide bonds. The quantitative estimate of drug-likeness (QED) is 0.173. The van der Waals surface area contributed by atoms with Crippen molar-refractivity contribution in [3.8, 4) is 22.3 Å². The van der Waals surface area contributed by atoms with Gasteiger partial charge in [0.05, 0.1) is 0 Å². The molecule has 2 atom stereocenters. The number of hydrogen-bond donors (Lipinski definition) is 0. The predicted molar refractivity (Wildman–Crippen MR) is 204 cm³/mol. The van der Waals surface area contributed by atoms with E-state index in [1.165, 1.54) is 72.3 Å². The maximum atomic E-state index is 8.65. The molecule has 4 aromatic carbocycles. The average Bonchev–Trinajstić information content (AvgIpc) is 3.58. The molecule has 0 nitrogen and oxygen atoms in total. The van der Waals surface area contributed by atoms with E-state index in [9.17, 15) is 0 Å². The molecule has 0 aliphatic heterocycles. The molecule has 4 heteroatoms. The standard InChI is InChI=1S/C21H23.C19H19.C2H7Si.2ClH.Zr/c1-14-12-19-15(2)6-11-18(20(19)13-14)16-7-9-17(10-8-16)21(3,4)5;1-13(2)17-11-16-5-4-6-18(19(16)12-17)15-9-7-14(3)8-10-15;1-3-2;;;/h6-13H,1-5H3;4-13H,1-3H3;3H,1-2H3;2*1H;/q;;;;;+2/p-2. The Labute approximate surface area is 286 Å². The van der Waals surface area contributed by atoms with Crippen LogP contribution in [-0.4, -0.2) is 5.92 Å². The summed E-state index contributed by atoms with van der Waals surface area (Å²) < 4.78 is 0.173. The van der Waals surface area contributed by atoms with E-state index in [1.54, 1.807) is 0 Å². The van der Waals surface area contributed by atoms with Crippen LogP contribution in [0.1, 0.15) is 87.7 Å². The van der Waals surface area contributed by atoms with E-state index in [2.05, 4.69) is 159 Å². The van der Waals surface area contributed by atoms with Gasteiger partial charge in [0.1, 0.15) is 0 Å². The summed E-state index contributed by atoms with van der Waals surface area (Å²) in [6.45, 7) is 23.1. The Balaban J connectivity index is 1.56. The van der Waals surface area contributed by atoms with Crippen LogP contribution in [0.25, 0.3) is 34.4 Å². The van der Waals surface area contributed by atoms with E-state index in [-0.39, 0.29) is 12.7 Å². The molecule has 0 heterocycles. The summed E-state index contributed by atoms with van der Waals surface area (Å²) in [5, 5.41) is 0. The Morgan fingerprint density at radius 3 is 1.85 bits per heavy atom. The van der Waals surface area contributed by atoms with Crippen molar-refractivity contribution in [3.63, 3.8) is 0 Å². The molecule has 2 unspecified atom stereocenters. The van der Waals surface area contributed by atoms with E-state index < -0.39 is 21.5 Å². The summed E-state index contributed by atoms with van der Waals surface area (Å²) in [6, 6.07) is 29.6. The van der Waals surface area contributed by atoms with Crippen LogP contribution >= 0.6 is 17.0 Å².